The third kappa shape index (κ3) is 6.44. The first-order chi connectivity index (χ1) is 12.8. The minimum atomic E-state index is -0.921. The van der Waals surface area contributed by atoms with E-state index in [0.29, 0.717) is 27.7 Å². The van der Waals surface area contributed by atoms with Gasteiger partial charge in [-0.05, 0) is 55.0 Å². The fourth-order valence-electron chi connectivity index (χ4n) is 1.95. The van der Waals surface area contributed by atoms with E-state index >= 15 is 0 Å². The molecule has 140 valence electrons. The van der Waals surface area contributed by atoms with Crippen molar-refractivity contribution in [3.05, 3.63) is 59.1 Å². The second-order valence-electron chi connectivity index (χ2n) is 5.38. The van der Waals surface area contributed by atoms with Crippen molar-refractivity contribution in [3.8, 4) is 5.75 Å². The number of ether oxygens (including phenoxy) is 1. The van der Waals surface area contributed by atoms with Gasteiger partial charge in [0, 0.05) is 10.7 Å². The number of halogens is 1. The summed E-state index contributed by atoms with van der Waals surface area (Å²) in [4.78, 5) is 34.4. The molecule has 0 saturated heterocycles. The summed E-state index contributed by atoms with van der Waals surface area (Å²) in [6.45, 7) is 1.44. The number of carbonyl (C=O) groups excluding carboxylic acids is 3. The monoisotopic (exact) mass is 388 g/mol. The number of anilines is 1. The fourth-order valence-corrected chi connectivity index (χ4v) is 2.14. The first kappa shape index (κ1) is 19.9. The molecule has 0 spiro atoms. The van der Waals surface area contributed by atoms with Crippen molar-refractivity contribution < 1.29 is 19.1 Å². The van der Waals surface area contributed by atoms with E-state index in [1.165, 1.54) is 6.07 Å². The van der Waals surface area contributed by atoms with Crippen LogP contribution in [0.5, 0.6) is 5.75 Å². The van der Waals surface area contributed by atoms with Crippen molar-refractivity contribution >= 4 is 40.7 Å². The van der Waals surface area contributed by atoms with Gasteiger partial charge in [0.15, 0.2) is 6.61 Å². The third-order valence-corrected chi connectivity index (χ3v) is 3.50. The number of rotatable bonds is 6. The van der Waals surface area contributed by atoms with Crippen LogP contribution in [0.3, 0.4) is 0 Å². The number of carbonyl (C=O) groups is 3. The van der Waals surface area contributed by atoms with Crippen LogP contribution in [0.1, 0.15) is 12.5 Å². The average Bonchev–Trinajstić information content (AvgIpc) is 2.64. The second kappa shape index (κ2) is 9.35. The van der Waals surface area contributed by atoms with Crippen molar-refractivity contribution in [3.63, 3.8) is 0 Å². The molecule has 0 unspecified atom stereocenters. The van der Waals surface area contributed by atoms with Crippen LogP contribution in [0.25, 0.3) is 0 Å². The lowest BCUT2D eigenvalue weighted by Crippen LogP contribution is -2.32. The highest BCUT2D eigenvalue weighted by atomic mass is 35.5. The number of nitrogens with two attached hydrogens (primary N) is 1. The molecule has 0 aliphatic heterocycles. The second-order valence-corrected chi connectivity index (χ2v) is 5.82. The van der Waals surface area contributed by atoms with E-state index in [2.05, 4.69) is 15.8 Å². The van der Waals surface area contributed by atoms with Gasteiger partial charge in [0.25, 0.3) is 5.91 Å². The lowest BCUT2D eigenvalue weighted by Gasteiger charge is -2.06. The van der Waals surface area contributed by atoms with Crippen molar-refractivity contribution in [2.24, 2.45) is 10.8 Å². The van der Waals surface area contributed by atoms with Crippen molar-refractivity contribution in [1.82, 2.24) is 5.43 Å². The van der Waals surface area contributed by atoms with Gasteiger partial charge in [0.05, 0.1) is 5.71 Å². The largest absolute Gasteiger partial charge is 0.484 e. The van der Waals surface area contributed by atoms with E-state index in [0.717, 1.165) is 0 Å². The lowest BCUT2D eigenvalue weighted by atomic mass is 10.1. The lowest BCUT2D eigenvalue weighted by molar-refractivity contribution is -0.136. The van der Waals surface area contributed by atoms with Crippen LogP contribution in [0.4, 0.5) is 5.69 Å². The maximum Gasteiger partial charge on any atom is 0.329 e. The normalized spacial score (nSPS) is 10.8. The predicted octanol–water partition coefficient (Wildman–Crippen LogP) is 1.68. The highest BCUT2D eigenvalue weighted by Gasteiger charge is 2.13. The molecule has 4 N–H and O–H groups in total. The zero-order valence-electron chi connectivity index (χ0n) is 14.4. The average molecular weight is 389 g/mol. The summed E-state index contributed by atoms with van der Waals surface area (Å²) in [5, 5.41) is 6.75. The van der Waals surface area contributed by atoms with Crippen molar-refractivity contribution in [2.75, 3.05) is 11.9 Å². The summed E-state index contributed by atoms with van der Waals surface area (Å²) < 4.78 is 5.15. The van der Waals surface area contributed by atoms with E-state index in [4.69, 9.17) is 22.1 Å². The molecule has 2 aromatic carbocycles. The van der Waals surface area contributed by atoms with Crippen LogP contribution < -0.4 is 21.2 Å². The van der Waals surface area contributed by atoms with Gasteiger partial charge in [-0.15, -0.1) is 0 Å². The molecule has 8 nitrogen and oxygen atoms in total. The molecule has 0 saturated carbocycles. The van der Waals surface area contributed by atoms with E-state index in [1.807, 2.05) is 0 Å². The number of hydrogen-bond acceptors (Lipinski definition) is 5. The highest BCUT2D eigenvalue weighted by Crippen LogP contribution is 2.15. The van der Waals surface area contributed by atoms with Crippen LogP contribution in [0, 0.1) is 0 Å². The van der Waals surface area contributed by atoms with Gasteiger partial charge in [-0.1, -0.05) is 17.7 Å². The number of hydrazone groups is 1. The molecule has 0 atom stereocenters. The third-order valence-electron chi connectivity index (χ3n) is 3.27. The van der Waals surface area contributed by atoms with Gasteiger partial charge in [-0.2, -0.15) is 5.10 Å². The summed E-state index contributed by atoms with van der Waals surface area (Å²) in [5.74, 6) is -1.90. The Bertz CT molecular complexity index is 881. The molecule has 0 fully saturated rings. The molecule has 0 aromatic heterocycles. The van der Waals surface area contributed by atoms with Crippen LogP contribution >= 0.6 is 11.6 Å². The number of amides is 3. The van der Waals surface area contributed by atoms with Crippen LogP contribution in [0.15, 0.2) is 53.6 Å². The molecule has 3 amide bonds. The van der Waals surface area contributed by atoms with Gasteiger partial charge in [0.1, 0.15) is 5.75 Å². The molecule has 2 aromatic rings. The Labute approximate surface area is 160 Å². The minimum absolute atomic E-state index is 0.218. The van der Waals surface area contributed by atoms with E-state index in [-0.39, 0.29) is 6.61 Å². The van der Waals surface area contributed by atoms with Gasteiger partial charge >= 0.3 is 11.8 Å². The number of primary amides is 1. The van der Waals surface area contributed by atoms with Crippen molar-refractivity contribution in [1.29, 1.82) is 0 Å². The first-order valence-electron chi connectivity index (χ1n) is 7.78. The van der Waals surface area contributed by atoms with Gasteiger partial charge in [0.2, 0.25) is 0 Å². The molecule has 27 heavy (non-hydrogen) atoms. The Balaban J connectivity index is 1.92. The highest BCUT2D eigenvalue weighted by molar-refractivity contribution is 6.39. The zero-order chi connectivity index (χ0) is 19.8. The van der Waals surface area contributed by atoms with Crippen LogP contribution in [-0.4, -0.2) is 30.0 Å². The topological polar surface area (TPSA) is 123 Å². The number of nitrogens with one attached hydrogen (secondary N) is 2. The maximum atomic E-state index is 11.9. The smallest absolute Gasteiger partial charge is 0.329 e. The van der Waals surface area contributed by atoms with E-state index in [1.54, 1.807) is 49.4 Å². The Hall–Kier alpha value is -3.39. The Morgan fingerprint density at radius 3 is 2.44 bits per heavy atom. The molecule has 0 heterocycles. The molecular formula is C18H17ClN4O4. The quantitative estimate of drug-likeness (QED) is 0.395. The molecule has 0 aliphatic rings. The Morgan fingerprint density at radius 2 is 1.81 bits per heavy atom. The van der Waals surface area contributed by atoms with Gasteiger partial charge < -0.3 is 15.8 Å². The Morgan fingerprint density at radius 1 is 1.11 bits per heavy atom. The van der Waals surface area contributed by atoms with E-state index < -0.39 is 17.7 Å². The van der Waals surface area contributed by atoms with Gasteiger partial charge in [-0.25, -0.2) is 5.43 Å². The summed E-state index contributed by atoms with van der Waals surface area (Å²) in [6.07, 6.45) is 0. The summed E-state index contributed by atoms with van der Waals surface area (Å²) >= 11 is 5.82. The number of hydrogen-bond donors (Lipinski definition) is 3. The van der Waals surface area contributed by atoms with Crippen LogP contribution in [-0.2, 0) is 14.4 Å². The summed E-state index contributed by atoms with van der Waals surface area (Å²) in [5.41, 5.74) is 8.75. The zero-order valence-corrected chi connectivity index (χ0v) is 15.1. The number of benzene rings is 2. The van der Waals surface area contributed by atoms with Crippen LogP contribution in [0.2, 0.25) is 5.02 Å². The first-order valence-corrected chi connectivity index (χ1v) is 8.15. The number of nitrogens with zero attached hydrogens (tertiary/aromatic N) is 1. The summed E-state index contributed by atoms with van der Waals surface area (Å²) in [7, 11) is 0. The van der Waals surface area contributed by atoms with E-state index in [9.17, 15) is 14.4 Å². The molecule has 0 radical (unpaired) electrons. The SMILES string of the molecule is C/C(=N\NC(=O)C(=O)Nc1cccc(Cl)c1)c1ccc(OCC(N)=O)cc1. The maximum absolute atomic E-state index is 11.9. The molecule has 0 aliphatic carbocycles. The molecule has 0 bridgehead atoms. The van der Waals surface area contributed by atoms with Gasteiger partial charge in [-0.3, -0.25) is 14.4 Å². The molecular weight excluding hydrogens is 372 g/mol. The predicted molar refractivity (Wildman–Crippen MR) is 102 cm³/mol. The molecule has 9 heteroatoms. The minimum Gasteiger partial charge on any atom is -0.484 e. The Kier molecular flexibility index (Phi) is 6.90. The summed E-state index contributed by atoms with van der Waals surface area (Å²) in [6, 6.07) is 13.1. The fraction of sp³-hybridized carbons (Fsp3) is 0.111. The molecule has 2 rings (SSSR count). The standard InChI is InChI=1S/C18H17ClN4O4/c1-11(12-5-7-15(8-6-12)27-10-16(20)24)22-23-18(26)17(25)21-14-4-2-3-13(19)9-14/h2-9H,10H2,1H3,(H2,20,24)(H,21,25)(H,23,26)/b22-11+. The van der Waals surface area contributed by atoms with Crippen molar-refractivity contribution in [2.45, 2.75) is 6.92 Å².